The minimum absolute atomic E-state index is 0.270. The molecular weight excluding hydrogens is 194 g/mol. The third kappa shape index (κ3) is 2.25. The summed E-state index contributed by atoms with van der Waals surface area (Å²) in [7, 11) is 0. The fraction of sp³-hybridized carbons (Fsp3) is 0.273. The molecule has 0 bridgehead atoms. The standard InChI is InChI=1S/C11H13NOS/c1-9(11-5-2-6-13-11)12-8-10-4-3-7-14-10/h2-7,9,12H,8H2,1H3/t9-/m0/s1. The van der Waals surface area contributed by atoms with Gasteiger partial charge in [-0.25, -0.2) is 0 Å². The Bertz CT molecular complexity index is 353. The summed E-state index contributed by atoms with van der Waals surface area (Å²) < 4.78 is 5.31. The van der Waals surface area contributed by atoms with Crippen molar-refractivity contribution in [2.45, 2.75) is 19.5 Å². The molecule has 0 radical (unpaired) electrons. The zero-order chi connectivity index (χ0) is 9.80. The summed E-state index contributed by atoms with van der Waals surface area (Å²) in [6.07, 6.45) is 1.71. The molecule has 2 aromatic rings. The van der Waals surface area contributed by atoms with Gasteiger partial charge in [0.25, 0.3) is 0 Å². The van der Waals surface area contributed by atoms with Gasteiger partial charge in [0.1, 0.15) is 5.76 Å². The molecule has 0 aliphatic rings. The molecule has 0 amide bonds. The van der Waals surface area contributed by atoms with Crippen LogP contribution in [-0.2, 0) is 6.54 Å². The van der Waals surface area contributed by atoms with Gasteiger partial charge in [-0.2, -0.15) is 0 Å². The quantitative estimate of drug-likeness (QED) is 0.833. The van der Waals surface area contributed by atoms with E-state index >= 15 is 0 Å². The van der Waals surface area contributed by atoms with E-state index in [-0.39, 0.29) is 6.04 Å². The predicted molar refractivity (Wildman–Crippen MR) is 58.3 cm³/mol. The molecule has 74 valence electrons. The summed E-state index contributed by atoms with van der Waals surface area (Å²) in [6, 6.07) is 8.38. The Morgan fingerprint density at radius 2 is 2.36 bits per heavy atom. The summed E-state index contributed by atoms with van der Waals surface area (Å²) in [5, 5.41) is 5.50. The fourth-order valence-electron chi connectivity index (χ4n) is 1.31. The van der Waals surface area contributed by atoms with Crippen LogP contribution in [0.1, 0.15) is 23.6 Å². The minimum Gasteiger partial charge on any atom is -0.468 e. The van der Waals surface area contributed by atoms with Crippen molar-refractivity contribution in [3.63, 3.8) is 0 Å². The van der Waals surface area contributed by atoms with Crippen LogP contribution in [0.2, 0.25) is 0 Å². The molecule has 0 aliphatic heterocycles. The second kappa shape index (κ2) is 4.44. The van der Waals surface area contributed by atoms with Gasteiger partial charge in [0.2, 0.25) is 0 Å². The molecule has 1 N–H and O–H groups in total. The van der Waals surface area contributed by atoms with Gasteiger partial charge >= 0.3 is 0 Å². The Morgan fingerprint density at radius 3 is 3.00 bits per heavy atom. The molecule has 0 aromatic carbocycles. The minimum atomic E-state index is 0.270. The molecule has 0 fully saturated rings. The molecule has 0 unspecified atom stereocenters. The van der Waals surface area contributed by atoms with Gasteiger partial charge in [0.05, 0.1) is 12.3 Å². The van der Waals surface area contributed by atoms with E-state index in [1.807, 2.05) is 12.1 Å². The Morgan fingerprint density at radius 1 is 1.43 bits per heavy atom. The number of furan rings is 1. The van der Waals surface area contributed by atoms with Crippen LogP contribution in [0.15, 0.2) is 40.3 Å². The van der Waals surface area contributed by atoms with Crippen LogP contribution < -0.4 is 5.32 Å². The molecule has 1 atom stereocenters. The third-order valence-electron chi connectivity index (χ3n) is 2.13. The molecule has 2 heterocycles. The van der Waals surface area contributed by atoms with E-state index in [2.05, 4.69) is 29.8 Å². The number of rotatable bonds is 4. The lowest BCUT2D eigenvalue weighted by molar-refractivity contribution is 0.431. The van der Waals surface area contributed by atoms with Crippen molar-refractivity contribution < 1.29 is 4.42 Å². The lowest BCUT2D eigenvalue weighted by Gasteiger charge is -2.09. The molecule has 2 nitrogen and oxygen atoms in total. The lowest BCUT2D eigenvalue weighted by atomic mass is 10.2. The zero-order valence-corrected chi connectivity index (χ0v) is 8.88. The first-order chi connectivity index (χ1) is 6.86. The van der Waals surface area contributed by atoms with Crippen LogP contribution in [0.4, 0.5) is 0 Å². The van der Waals surface area contributed by atoms with Gasteiger partial charge in [-0.1, -0.05) is 6.07 Å². The Balaban J connectivity index is 1.87. The maximum atomic E-state index is 5.31. The Labute approximate surface area is 87.6 Å². The molecule has 3 heteroatoms. The highest BCUT2D eigenvalue weighted by Gasteiger charge is 2.06. The number of nitrogens with one attached hydrogen (secondary N) is 1. The first kappa shape index (κ1) is 9.49. The second-order valence-corrected chi connectivity index (χ2v) is 4.23. The Kier molecular flexibility index (Phi) is 3.01. The number of hydrogen-bond donors (Lipinski definition) is 1. The summed E-state index contributed by atoms with van der Waals surface area (Å²) in [4.78, 5) is 1.35. The zero-order valence-electron chi connectivity index (χ0n) is 8.07. The van der Waals surface area contributed by atoms with E-state index in [0.717, 1.165) is 12.3 Å². The first-order valence-electron chi connectivity index (χ1n) is 4.65. The van der Waals surface area contributed by atoms with E-state index in [1.54, 1.807) is 17.6 Å². The van der Waals surface area contributed by atoms with Crippen LogP contribution in [0.5, 0.6) is 0 Å². The van der Waals surface area contributed by atoms with E-state index in [1.165, 1.54) is 4.88 Å². The van der Waals surface area contributed by atoms with Gasteiger partial charge in [0.15, 0.2) is 0 Å². The first-order valence-corrected chi connectivity index (χ1v) is 5.53. The van der Waals surface area contributed by atoms with Crippen molar-refractivity contribution in [1.82, 2.24) is 5.32 Å². The normalized spacial score (nSPS) is 12.9. The van der Waals surface area contributed by atoms with Crippen LogP contribution in [-0.4, -0.2) is 0 Å². The highest BCUT2D eigenvalue weighted by atomic mass is 32.1. The van der Waals surface area contributed by atoms with Crippen molar-refractivity contribution >= 4 is 11.3 Å². The number of thiophene rings is 1. The SMILES string of the molecule is C[C@H](NCc1cccs1)c1ccco1. The summed E-state index contributed by atoms with van der Waals surface area (Å²) in [5.41, 5.74) is 0. The van der Waals surface area contributed by atoms with Crippen LogP contribution >= 0.6 is 11.3 Å². The highest BCUT2D eigenvalue weighted by Crippen LogP contribution is 2.14. The fourth-order valence-corrected chi connectivity index (χ4v) is 1.96. The largest absolute Gasteiger partial charge is 0.468 e. The van der Waals surface area contributed by atoms with Crippen LogP contribution in [0.25, 0.3) is 0 Å². The molecule has 2 rings (SSSR count). The molecule has 14 heavy (non-hydrogen) atoms. The average molecular weight is 207 g/mol. The third-order valence-corrected chi connectivity index (χ3v) is 3.01. The maximum absolute atomic E-state index is 5.31. The van der Waals surface area contributed by atoms with Gasteiger partial charge in [0, 0.05) is 11.4 Å². The molecular formula is C11H13NOS. The van der Waals surface area contributed by atoms with Crippen molar-refractivity contribution in [2.24, 2.45) is 0 Å². The van der Waals surface area contributed by atoms with E-state index in [0.29, 0.717) is 0 Å². The second-order valence-electron chi connectivity index (χ2n) is 3.20. The van der Waals surface area contributed by atoms with Gasteiger partial charge in [-0.05, 0) is 30.5 Å². The van der Waals surface area contributed by atoms with E-state index < -0.39 is 0 Å². The molecule has 0 spiro atoms. The summed E-state index contributed by atoms with van der Waals surface area (Å²) in [6.45, 7) is 3.01. The van der Waals surface area contributed by atoms with Crippen molar-refractivity contribution in [1.29, 1.82) is 0 Å². The van der Waals surface area contributed by atoms with Gasteiger partial charge in [-0.15, -0.1) is 11.3 Å². The van der Waals surface area contributed by atoms with Crippen molar-refractivity contribution in [3.8, 4) is 0 Å². The summed E-state index contributed by atoms with van der Waals surface area (Å²) in [5.74, 6) is 0.988. The topological polar surface area (TPSA) is 25.2 Å². The highest BCUT2D eigenvalue weighted by molar-refractivity contribution is 7.09. The predicted octanol–water partition coefficient (Wildman–Crippen LogP) is 3.19. The average Bonchev–Trinajstić information content (AvgIpc) is 2.87. The number of hydrogen-bond acceptors (Lipinski definition) is 3. The smallest absolute Gasteiger partial charge is 0.120 e. The Hall–Kier alpha value is -1.06. The monoisotopic (exact) mass is 207 g/mol. The molecule has 0 saturated heterocycles. The lowest BCUT2D eigenvalue weighted by Crippen LogP contribution is -2.16. The van der Waals surface area contributed by atoms with Crippen LogP contribution in [0.3, 0.4) is 0 Å². The maximum Gasteiger partial charge on any atom is 0.120 e. The van der Waals surface area contributed by atoms with Crippen molar-refractivity contribution in [3.05, 3.63) is 46.5 Å². The van der Waals surface area contributed by atoms with Crippen LogP contribution in [0, 0.1) is 0 Å². The molecule has 0 aliphatic carbocycles. The van der Waals surface area contributed by atoms with E-state index in [9.17, 15) is 0 Å². The van der Waals surface area contributed by atoms with E-state index in [4.69, 9.17) is 4.42 Å². The summed E-state index contributed by atoms with van der Waals surface area (Å²) >= 11 is 1.77. The van der Waals surface area contributed by atoms with Gasteiger partial charge < -0.3 is 9.73 Å². The van der Waals surface area contributed by atoms with Gasteiger partial charge in [-0.3, -0.25) is 0 Å². The van der Waals surface area contributed by atoms with Crippen molar-refractivity contribution in [2.75, 3.05) is 0 Å². The molecule has 2 aromatic heterocycles. The molecule has 0 saturated carbocycles.